The summed E-state index contributed by atoms with van der Waals surface area (Å²) in [6, 6.07) is 0.866. The predicted octanol–water partition coefficient (Wildman–Crippen LogP) is 1.66. The molecule has 2 N–H and O–H groups in total. The minimum Gasteiger partial charge on any atom is -0.468 e. The van der Waals surface area contributed by atoms with Gasteiger partial charge in [0.05, 0.1) is 17.6 Å². The van der Waals surface area contributed by atoms with Crippen LogP contribution in [0, 0.1) is 10.1 Å². The van der Waals surface area contributed by atoms with Crippen molar-refractivity contribution in [3.05, 3.63) is 39.4 Å². The number of nitro benzene ring substituents is 1. The molecule has 0 heterocycles. The van der Waals surface area contributed by atoms with Crippen LogP contribution < -0.4 is 5.73 Å². The molecular weight excluding hydrogens is 281 g/mol. The van der Waals surface area contributed by atoms with E-state index < -0.39 is 34.4 Å². The van der Waals surface area contributed by atoms with Gasteiger partial charge in [0, 0.05) is 18.1 Å². The second kappa shape index (κ2) is 5.87. The smallest absolute Gasteiger partial charge is 0.416 e. The molecule has 0 fully saturated rings. The molecule has 0 saturated carbocycles. The number of nitrogens with two attached hydrogens (primary N) is 1. The van der Waals surface area contributed by atoms with Crippen molar-refractivity contribution < 1.29 is 27.6 Å². The molecule has 0 radical (unpaired) electrons. The van der Waals surface area contributed by atoms with Crippen LogP contribution >= 0.6 is 0 Å². The second-order valence-corrected chi connectivity index (χ2v) is 3.93. The molecule has 0 amide bonds. The van der Waals surface area contributed by atoms with E-state index in [2.05, 4.69) is 4.74 Å². The number of alkyl halides is 3. The van der Waals surface area contributed by atoms with Gasteiger partial charge in [0.2, 0.25) is 0 Å². The lowest BCUT2D eigenvalue weighted by Gasteiger charge is -2.11. The summed E-state index contributed by atoms with van der Waals surface area (Å²) in [5.41, 5.74) is 3.49. The molecule has 0 aliphatic heterocycles. The third kappa shape index (κ3) is 3.67. The number of carbonyl (C=O) groups excluding carboxylic acids is 1. The quantitative estimate of drug-likeness (QED) is 0.517. The number of nitro groups is 1. The molecule has 110 valence electrons. The molecule has 0 unspecified atom stereocenters. The molecule has 1 aromatic rings. The Balaban J connectivity index is 3.15. The number of esters is 1. The average Bonchev–Trinajstić information content (AvgIpc) is 2.36. The van der Waals surface area contributed by atoms with E-state index in [1.807, 2.05) is 0 Å². The molecule has 6 nitrogen and oxygen atoms in total. The number of halogens is 3. The molecule has 0 spiro atoms. The first kappa shape index (κ1) is 15.9. The zero-order chi connectivity index (χ0) is 15.5. The number of carbonyl (C=O) groups is 1. The van der Waals surface area contributed by atoms with Crippen LogP contribution in [0.3, 0.4) is 0 Å². The lowest BCUT2D eigenvalue weighted by molar-refractivity contribution is -0.385. The van der Waals surface area contributed by atoms with E-state index in [1.54, 1.807) is 0 Å². The second-order valence-electron chi connectivity index (χ2n) is 3.93. The molecule has 1 rings (SSSR count). The van der Waals surface area contributed by atoms with Crippen LogP contribution in [0.1, 0.15) is 11.1 Å². The summed E-state index contributed by atoms with van der Waals surface area (Å²) in [6.07, 6.45) is -4.98. The van der Waals surface area contributed by atoms with Gasteiger partial charge in [-0.25, -0.2) is 0 Å². The van der Waals surface area contributed by atoms with Crippen LogP contribution in [-0.2, 0) is 22.1 Å². The van der Waals surface area contributed by atoms with Crippen LogP contribution in [0.5, 0.6) is 0 Å². The number of methoxy groups -OCH3 is 1. The largest absolute Gasteiger partial charge is 0.468 e. The molecule has 0 aromatic heterocycles. The number of benzene rings is 1. The van der Waals surface area contributed by atoms with Crippen LogP contribution in [0.4, 0.5) is 18.9 Å². The van der Waals surface area contributed by atoms with Gasteiger partial charge in [0.15, 0.2) is 0 Å². The molecule has 0 aliphatic rings. The van der Waals surface area contributed by atoms with Crippen molar-refractivity contribution in [3.8, 4) is 0 Å². The molecular formula is C11H11F3N2O4. The average molecular weight is 292 g/mol. The van der Waals surface area contributed by atoms with Gasteiger partial charge in [-0.3, -0.25) is 14.9 Å². The standard InChI is InChI=1S/C11H11F3N2O4/c1-20-10(17)8(15)4-6-2-3-7(11(12,13)14)5-9(6)16(18)19/h2-3,5,8H,4,15H2,1H3/t8-/m0/s1. The van der Waals surface area contributed by atoms with E-state index in [0.29, 0.717) is 12.1 Å². The number of hydrogen-bond donors (Lipinski definition) is 1. The molecule has 0 bridgehead atoms. The summed E-state index contributed by atoms with van der Waals surface area (Å²) >= 11 is 0. The van der Waals surface area contributed by atoms with Gasteiger partial charge in [-0.2, -0.15) is 13.2 Å². The Morgan fingerprint density at radius 1 is 1.50 bits per heavy atom. The maximum absolute atomic E-state index is 12.5. The van der Waals surface area contributed by atoms with Crippen LogP contribution in [0.2, 0.25) is 0 Å². The predicted molar refractivity (Wildman–Crippen MR) is 61.8 cm³/mol. The van der Waals surface area contributed by atoms with Crippen molar-refractivity contribution >= 4 is 11.7 Å². The SMILES string of the molecule is COC(=O)[C@@H](N)Cc1ccc(C(F)(F)F)cc1[N+](=O)[O-]. The van der Waals surface area contributed by atoms with Gasteiger partial charge in [-0.05, 0) is 6.07 Å². The molecule has 1 atom stereocenters. The highest BCUT2D eigenvalue weighted by molar-refractivity contribution is 5.76. The highest BCUT2D eigenvalue weighted by Gasteiger charge is 2.33. The number of hydrogen-bond acceptors (Lipinski definition) is 5. The van der Waals surface area contributed by atoms with Crippen molar-refractivity contribution in [1.29, 1.82) is 0 Å². The lowest BCUT2D eigenvalue weighted by atomic mass is 10.0. The Morgan fingerprint density at radius 3 is 2.55 bits per heavy atom. The number of rotatable bonds is 4. The van der Waals surface area contributed by atoms with Crippen molar-refractivity contribution in [2.45, 2.75) is 18.6 Å². The van der Waals surface area contributed by atoms with Gasteiger partial charge in [-0.1, -0.05) is 6.07 Å². The normalized spacial score (nSPS) is 12.8. The van der Waals surface area contributed by atoms with Crippen molar-refractivity contribution in [3.63, 3.8) is 0 Å². The van der Waals surface area contributed by atoms with Crippen LogP contribution in [0.25, 0.3) is 0 Å². The summed E-state index contributed by atoms with van der Waals surface area (Å²) in [5, 5.41) is 10.8. The topological polar surface area (TPSA) is 95.5 Å². The summed E-state index contributed by atoms with van der Waals surface area (Å²) < 4.78 is 41.8. The summed E-state index contributed by atoms with van der Waals surface area (Å²) in [4.78, 5) is 21.0. The zero-order valence-electron chi connectivity index (χ0n) is 10.3. The van der Waals surface area contributed by atoms with E-state index in [4.69, 9.17) is 5.73 Å². The van der Waals surface area contributed by atoms with Crippen LogP contribution in [-0.4, -0.2) is 24.0 Å². The van der Waals surface area contributed by atoms with E-state index in [1.165, 1.54) is 0 Å². The molecule has 0 saturated heterocycles. The Hall–Kier alpha value is -2.16. The third-order valence-electron chi connectivity index (χ3n) is 2.55. The Kier molecular flexibility index (Phi) is 4.66. The Morgan fingerprint density at radius 2 is 2.10 bits per heavy atom. The third-order valence-corrected chi connectivity index (χ3v) is 2.55. The minimum absolute atomic E-state index is 0.0686. The molecule has 0 aliphatic carbocycles. The lowest BCUT2D eigenvalue weighted by Crippen LogP contribution is -2.33. The van der Waals surface area contributed by atoms with E-state index in [-0.39, 0.29) is 12.0 Å². The van der Waals surface area contributed by atoms with E-state index >= 15 is 0 Å². The van der Waals surface area contributed by atoms with Gasteiger partial charge < -0.3 is 10.5 Å². The van der Waals surface area contributed by atoms with Gasteiger partial charge >= 0.3 is 12.1 Å². The Bertz CT molecular complexity index is 531. The van der Waals surface area contributed by atoms with Crippen LogP contribution in [0.15, 0.2) is 18.2 Å². The molecule has 9 heteroatoms. The Labute approximate surface area is 111 Å². The van der Waals surface area contributed by atoms with E-state index in [9.17, 15) is 28.1 Å². The van der Waals surface area contributed by atoms with Crippen molar-refractivity contribution in [2.75, 3.05) is 7.11 Å². The van der Waals surface area contributed by atoms with Gasteiger partial charge in [-0.15, -0.1) is 0 Å². The highest BCUT2D eigenvalue weighted by Crippen LogP contribution is 2.33. The van der Waals surface area contributed by atoms with Gasteiger partial charge in [0.1, 0.15) is 6.04 Å². The first-order chi connectivity index (χ1) is 9.16. The van der Waals surface area contributed by atoms with E-state index in [0.717, 1.165) is 13.2 Å². The fourth-order valence-electron chi connectivity index (χ4n) is 1.55. The monoisotopic (exact) mass is 292 g/mol. The molecule has 1 aromatic carbocycles. The highest BCUT2D eigenvalue weighted by atomic mass is 19.4. The molecule has 20 heavy (non-hydrogen) atoms. The maximum atomic E-state index is 12.5. The van der Waals surface area contributed by atoms with Crippen molar-refractivity contribution in [1.82, 2.24) is 0 Å². The first-order valence-electron chi connectivity index (χ1n) is 5.34. The summed E-state index contributed by atoms with van der Waals surface area (Å²) in [7, 11) is 1.09. The fraction of sp³-hybridized carbons (Fsp3) is 0.364. The van der Waals surface area contributed by atoms with Gasteiger partial charge in [0.25, 0.3) is 5.69 Å². The first-order valence-corrected chi connectivity index (χ1v) is 5.34. The number of ether oxygens (including phenoxy) is 1. The number of nitrogens with zero attached hydrogens (tertiary/aromatic N) is 1. The maximum Gasteiger partial charge on any atom is 0.416 e. The summed E-state index contributed by atoms with van der Waals surface area (Å²) in [5.74, 6) is -0.806. The zero-order valence-corrected chi connectivity index (χ0v) is 10.3. The summed E-state index contributed by atoms with van der Waals surface area (Å²) in [6.45, 7) is 0. The minimum atomic E-state index is -4.69. The fourth-order valence-corrected chi connectivity index (χ4v) is 1.55. The van der Waals surface area contributed by atoms with Crippen molar-refractivity contribution in [2.24, 2.45) is 5.73 Å².